The Morgan fingerprint density at radius 2 is 2.19 bits per heavy atom. The number of carbonyl (C=O) groups is 1. The summed E-state index contributed by atoms with van der Waals surface area (Å²) >= 11 is 1.46. The van der Waals surface area contributed by atoms with Crippen LogP contribution in [0.25, 0.3) is 10.2 Å². The first-order chi connectivity index (χ1) is 10.2. The molecule has 0 saturated carbocycles. The van der Waals surface area contributed by atoms with E-state index in [-0.39, 0.29) is 5.91 Å². The van der Waals surface area contributed by atoms with E-state index in [2.05, 4.69) is 21.4 Å². The van der Waals surface area contributed by atoms with Crippen LogP contribution in [0.3, 0.4) is 0 Å². The van der Waals surface area contributed by atoms with Gasteiger partial charge < -0.3 is 5.73 Å². The van der Waals surface area contributed by atoms with Gasteiger partial charge in [-0.3, -0.25) is 15.1 Å². The molecule has 1 aromatic carbocycles. The highest BCUT2D eigenvalue weighted by Gasteiger charge is 2.10. The maximum absolute atomic E-state index is 12.2. The van der Waals surface area contributed by atoms with Crippen molar-refractivity contribution in [3.63, 3.8) is 0 Å². The predicted molar refractivity (Wildman–Crippen MR) is 84.4 cm³/mol. The van der Waals surface area contributed by atoms with Gasteiger partial charge in [0, 0.05) is 18.3 Å². The van der Waals surface area contributed by atoms with Gasteiger partial charge in [0.05, 0.1) is 15.9 Å². The first-order valence-corrected chi connectivity index (χ1v) is 7.31. The SMILES string of the molecule is Cc1ccc2nc(NC(=O)c3ccnc(CN)c3)sc2c1. The van der Waals surface area contributed by atoms with Gasteiger partial charge in [-0.2, -0.15) is 0 Å². The number of nitrogens with two attached hydrogens (primary N) is 1. The smallest absolute Gasteiger partial charge is 0.257 e. The average molecular weight is 298 g/mol. The van der Waals surface area contributed by atoms with Crippen molar-refractivity contribution in [2.75, 3.05) is 5.32 Å². The van der Waals surface area contributed by atoms with Crippen LogP contribution < -0.4 is 11.1 Å². The van der Waals surface area contributed by atoms with Gasteiger partial charge in [-0.15, -0.1) is 0 Å². The number of hydrogen-bond donors (Lipinski definition) is 2. The van der Waals surface area contributed by atoms with E-state index in [1.807, 2.05) is 19.1 Å². The zero-order valence-corrected chi connectivity index (χ0v) is 12.3. The molecule has 0 radical (unpaired) electrons. The molecule has 0 spiro atoms. The fourth-order valence-electron chi connectivity index (χ4n) is 1.99. The second-order valence-electron chi connectivity index (χ2n) is 4.68. The minimum absolute atomic E-state index is 0.206. The predicted octanol–water partition coefficient (Wildman–Crippen LogP) is 2.71. The molecule has 0 bridgehead atoms. The van der Waals surface area contributed by atoms with Crippen LogP contribution in [0.5, 0.6) is 0 Å². The number of aromatic nitrogens is 2. The summed E-state index contributed by atoms with van der Waals surface area (Å²) in [5, 5.41) is 3.41. The number of nitrogens with one attached hydrogen (secondary N) is 1. The van der Waals surface area contributed by atoms with Crippen molar-refractivity contribution < 1.29 is 4.79 Å². The normalized spacial score (nSPS) is 10.8. The molecule has 0 saturated heterocycles. The molecule has 21 heavy (non-hydrogen) atoms. The number of nitrogens with zero attached hydrogens (tertiary/aromatic N) is 2. The van der Waals surface area contributed by atoms with Gasteiger partial charge in [-0.25, -0.2) is 4.98 Å². The third-order valence-electron chi connectivity index (χ3n) is 3.05. The summed E-state index contributed by atoms with van der Waals surface area (Å²) in [5.41, 5.74) is 8.80. The van der Waals surface area contributed by atoms with Crippen LogP contribution in [0.15, 0.2) is 36.5 Å². The standard InChI is InChI=1S/C15H14N4OS/c1-9-2-3-12-13(6-9)21-15(18-12)19-14(20)10-4-5-17-11(7-10)8-16/h2-7H,8,16H2,1H3,(H,18,19,20). The van der Waals surface area contributed by atoms with E-state index in [4.69, 9.17) is 5.73 Å². The van der Waals surface area contributed by atoms with E-state index in [9.17, 15) is 4.79 Å². The summed E-state index contributed by atoms with van der Waals surface area (Å²) in [5.74, 6) is -0.206. The van der Waals surface area contributed by atoms with Crippen LogP contribution in [-0.4, -0.2) is 15.9 Å². The molecule has 5 nitrogen and oxygen atoms in total. The lowest BCUT2D eigenvalue weighted by atomic mass is 10.2. The van der Waals surface area contributed by atoms with Crippen molar-refractivity contribution >= 4 is 32.6 Å². The number of anilines is 1. The molecular formula is C15H14N4OS. The Morgan fingerprint density at radius 3 is 3.00 bits per heavy atom. The second-order valence-corrected chi connectivity index (χ2v) is 5.71. The van der Waals surface area contributed by atoms with E-state index in [0.29, 0.717) is 22.9 Å². The van der Waals surface area contributed by atoms with Crippen LogP contribution in [0.4, 0.5) is 5.13 Å². The molecule has 0 aliphatic heterocycles. The van der Waals surface area contributed by atoms with Gasteiger partial charge in [0.1, 0.15) is 0 Å². The minimum Gasteiger partial charge on any atom is -0.325 e. The fourth-order valence-corrected chi connectivity index (χ4v) is 2.94. The van der Waals surface area contributed by atoms with E-state index < -0.39 is 0 Å². The molecule has 2 aromatic heterocycles. The number of hydrogen-bond acceptors (Lipinski definition) is 5. The number of thiazole rings is 1. The van der Waals surface area contributed by atoms with Crippen molar-refractivity contribution in [1.29, 1.82) is 0 Å². The summed E-state index contributed by atoms with van der Waals surface area (Å²) in [6, 6.07) is 9.36. The molecule has 0 atom stereocenters. The van der Waals surface area contributed by atoms with E-state index in [1.165, 1.54) is 16.9 Å². The largest absolute Gasteiger partial charge is 0.325 e. The highest BCUT2D eigenvalue weighted by Crippen LogP contribution is 2.26. The number of rotatable bonds is 3. The Hall–Kier alpha value is -2.31. The lowest BCUT2D eigenvalue weighted by molar-refractivity contribution is 0.102. The van der Waals surface area contributed by atoms with Crippen molar-refractivity contribution in [2.45, 2.75) is 13.5 Å². The van der Waals surface area contributed by atoms with Crippen molar-refractivity contribution in [3.8, 4) is 0 Å². The Labute approximate surface area is 125 Å². The maximum atomic E-state index is 12.2. The van der Waals surface area contributed by atoms with Gasteiger partial charge >= 0.3 is 0 Å². The number of carbonyl (C=O) groups excluding carboxylic acids is 1. The first-order valence-electron chi connectivity index (χ1n) is 6.49. The Bertz CT molecular complexity index is 812. The molecule has 0 fully saturated rings. The number of amides is 1. The van der Waals surface area contributed by atoms with Crippen molar-refractivity contribution in [2.24, 2.45) is 5.73 Å². The molecule has 3 rings (SSSR count). The summed E-state index contributed by atoms with van der Waals surface area (Å²) in [6.07, 6.45) is 1.58. The average Bonchev–Trinajstić information content (AvgIpc) is 2.88. The van der Waals surface area contributed by atoms with Crippen LogP contribution in [-0.2, 0) is 6.54 Å². The molecule has 3 aromatic rings. The lowest BCUT2D eigenvalue weighted by Crippen LogP contribution is -2.13. The molecular weight excluding hydrogens is 284 g/mol. The summed E-state index contributed by atoms with van der Waals surface area (Å²) in [4.78, 5) is 20.7. The molecule has 106 valence electrons. The monoisotopic (exact) mass is 298 g/mol. The van der Waals surface area contributed by atoms with Crippen molar-refractivity contribution in [1.82, 2.24) is 9.97 Å². The van der Waals surface area contributed by atoms with Gasteiger partial charge in [0.2, 0.25) is 0 Å². The molecule has 2 heterocycles. The zero-order chi connectivity index (χ0) is 14.8. The molecule has 1 amide bonds. The molecule has 0 aliphatic rings. The van der Waals surface area contributed by atoms with E-state index in [0.717, 1.165) is 10.2 Å². The minimum atomic E-state index is -0.206. The quantitative estimate of drug-likeness (QED) is 0.779. The second kappa shape index (κ2) is 5.59. The van der Waals surface area contributed by atoms with Crippen LogP contribution >= 0.6 is 11.3 Å². The summed E-state index contributed by atoms with van der Waals surface area (Å²) in [7, 11) is 0. The van der Waals surface area contributed by atoms with Crippen molar-refractivity contribution in [3.05, 3.63) is 53.3 Å². The molecule has 6 heteroatoms. The van der Waals surface area contributed by atoms with Crippen LogP contribution in [0.1, 0.15) is 21.6 Å². The zero-order valence-electron chi connectivity index (χ0n) is 11.5. The van der Waals surface area contributed by atoms with Crippen LogP contribution in [0.2, 0.25) is 0 Å². The van der Waals surface area contributed by atoms with Crippen LogP contribution in [0, 0.1) is 6.92 Å². The lowest BCUT2D eigenvalue weighted by Gasteiger charge is -2.02. The maximum Gasteiger partial charge on any atom is 0.257 e. The van der Waals surface area contributed by atoms with Gasteiger partial charge in [-0.05, 0) is 36.8 Å². The van der Waals surface area contributed by atoms with Gasteiger partial charge in [0.15, 0.2) is 5.13 Å². The van der Waals surface area contributed by atoms with E-state index in [1.54, 1.807) is 18.3 Å². The first kappa shape index (κ1) is 13.7. The topological polar surface area (TPSA) is 80.9 Å². The molecule has 3 N–H and O–H groups in total. The molecule has 0 aliphatic carbocycles. The van der Waals surface area contributed by atoms with Gasteiger partial charge in [-0.1, -0.05) is 17.4 Å². The highest BCUT2D eigenvalue weighted by molar-refractivity contribution is 7.22. The summed E-state index contributed by atoms with van der Waals surface area (Å²) in [6.45, 7) is 2.34. The highest BCUT2D eigenvalue weighted by atomic mass is 32.1. The fraction of sp³-hybridized carbons (Fsp3) is 0.133. The third-order valence-corrected chi connectivity index (χ3v) is 3.99. The summed E-state index contributed by atoms with van der Waals surface area (Å²) < 4.78 is 1.06. The van der Waals surface area contributed by atoms with Gasteiger partial charge in [0.25, 0.3) is 5.91 Å². The Morgan fingerprint density at radius 1 is 1.33 bits per heavy atom. The molecule has 0 unspecified atom stereocenters. The number of benzene rings is 1. The van der Waals surface area contributed by atoms with E-state index >= 15 is 0 Å². The Kier molecular flexibility index (Phi) is 3.64. The third kappa shape index (κ3) is 2.91. The number of pyridine rings is 1. The number of aryl methyl sites for hydroxylation is 1. The Balaban J connectivity index is 1.85. The number of fused-ring (bicyclic) bond motifs is 1.